The molecule has 0 radical (unpaired) electrons. The van der Waals surface area contributed by atoms with Gasteiger partial charge in [-0.1, -0.05) is 0 Å². The molecule has 1 aliphatic heterocycles. The van der Waals surface area contributed by atoms with Crippen molar-refractivity contribution in [2.24, 2.45) is 5.92 Å². The molecule has 0 bridgehead atoms. The van der Waals surface area contributed by atoms with E-state index in [-0.39, 0.29) is 10.6 Å². The quantitative estimate of drug-likeness (QED) is 0.508. The van der Waals surface area contributed by atoms with E-state index in [1.54, 1.807) is 12.1 Å². The first kappa shape index (κ1) is 13.5. The number of nitrogens with zero attached hydrogens (tertiary/aromatic N) is 1. The first-order chi connectivity index (χ1) is 8.66. The zero-order chi connectivity index (χ0) is 13.0. The standard InChI is InChI=1S/C12H15IN2O3/c13-10-1-2-11(12(7-10)15(16)17)14-8-9-3-5-18-6-4-9/h1-2,7,9,14H,3-6,8H2. The van der Waals surface area contributed by atoms with Crippen molar-refractivity contribution < 1.29 is 9.66 Å². The molecule has 0 unspecified atom stereocenters. The van der Waals surface area contributed by atoms with Gasteiger partial charge >= 0.3 is 0 Å². The summed E-state index contributed by atoms with van der Waals surface area (Å²) in [6, 6.07) is 5.24. The van der Waals surface area contributed by atoms with Crippen LogP contribution in [0, 0.1) is 19.6 Å². The average molecular weight is 362 g/mol. The van der Waals surface area contributed by atoms with Crippen LogP contribution in [0.4, 0.5) is 11.4 Å². The summed E-state index contributed by atoms with van der Waals surface area (Å²) in [6.45, 7) is 2.35. The molecule has 0 spiro atoms. The van der Waals surface area contributed by atoms with Crippen molar-refractivity contribution in [2.75, 3.05) is 25.1 Å². The second-order valence-electron chi connectivity index (χ2n) is 4.36. The molecule has 98 valence electrons. The van der Waals surface area contributed by atoms with Crippen LogP contribution in [0.15, 0.2) is 18.2 Å². The molecular formula is C12H15IN2O3. The number of anilines is 1. The van der Waals surface area contributed by atoms with Gasteiger partial charge in [-0.2, -0.15) is 0 Å². The van der Waals surface area contributed by atoms with Crippen LogP contribution in [0.1, 0.15) is 12.8 Å². The molecule has 0 aliphatic carbocycles. The fourth-order valence-electron chi connectivity index (χ4n) is 2.01. The van der Waals surface area contributed by atoms with E-state index in [9.17, 15) is 10.1 Å². The zero-order valence-electron chi connectivity index (χ0n) is 9.89. The van der Waals surface area contributed by atoms with Crippen molar-refractivity contribution in [3.8, 4) is 0 Å². The largest absolute Gasteiger partial charge is 0.381 e. The maximum atomic E-state index is 11.0. The summed E-state index contributed by atoms with van der Waals surface area (Å²) in [5, 5.41) is 14.2. The fourth-order valence-corrected chi connectivity index (χ4v) is 2.48. The van der Waals surface area contributed by atoms with Crippen molar-refractivity contribution in [3.63, 3.8) is 0 Å². The summed E-state index contributed by atoms with van der Waals surface area (Å²) in [4.78, 5) is 10.6. The highest BCUT2D eigenvalue weighted by molar-refractivity contribution is 14.1. The van der Waals surface area contributed by atoms with Gasteiger partial charge in [0.15, 0.2) is 0 Å². The van der Waals surface area contributed by atoms with Gasteiger partial charge in [-0.05, 0) is 53.5 Å². The molecule has 5 nitrogen and oxygen atoms in total. The van der Waals surface area contributed by atoms with Crippen molar-refractivity contribution in [1.29, 1.82) is 0 Å². The molecule has 1 aliphatic rings. The molecular weight excluding hydrogens is 347 g/mol. The molecule has 6 heteroatoms. The van der Waals surface area contributed by atoms with E-state index in [4.69, 9.17) is 4.74 Å². The molecule has 0 amide bonds. The van der Waals surface area contributed by atoms with Crippen LogP contribution in [0.3, 0.4) is 0 Å². The number of hydrogen-bond donors (Lipinski definition) is 1. The Balaban J connectivity index is 2.01. The first-order valence-electron chi connectivity index (χ1n) is 5.92. The molecule has 1 aromatic carbocycles. The van der Waals surface area contributed by atoms with Crippen LogP contribution in [0.25, 0.3) is 0 Å². The van der Waals surface area contributed by atoms with E-state index < -0.39 is 0 Å². The van der Waals surface area contributed by atoms with Crippen LogP contribution < -0.4 is 5.32 Å². The van der Waals surface area contributed by atoms with E-state index in [0.717, 1.165) is 36.2 Å². The van der Waals surface area contributed by atoms with E-state index in [2.05, 4.69) is 27.9 Å². The van der Waals surface area contributed by atoms with E-state index in [1.807, 2.05) is 6.07 Å². The Bertz CT molecular complexity index is 433. The summed E-state index contributed by atoms with van der Waals surface area (Å²) in [7, 11) is 0. The van der Waals surface area contributed by atoms with E-state index in [0.29, 0.717) is 11.6 Å². The molecule has 1 fully saturated rings. The number of halogens is 1. The molecule has 1 heterocycles. The minimum Gasteiger partial charge on any atom is -0.381 e. The van der Waals surface area contributed by atoms with Gasteiger partial charge in [0.25, 0.3) is 5.69 Å². The van der Waals surface area contributed by atoms with Crippen molar-refractivity contribution in [2.45, 2.75) is 12.8 Å². The summed E-state index contributed by atoms with van der Waals surface area (Å²) in [5.41, 5.74) is 0.751. The lowest BCUT2D eigenvalue weighted by Crippen LogP contribution is -2.22. The lowest BCUT2D eigenvalue weighted by molar-refractivity contribution is -0.384. The van der Waals surface area contributed by atoms with Crippen LogP contribution in [-0.4, -0.2) is 24.7 Å². The number of nitro groups is 1. The van der Waals surface area contributed by atoms with Gasteiger partial charge in [-0.15, -0.1) is 0 Å². The zero-order valence-corrected chi connectivity index (χ0v) is 12.1. The molecule has 2 rings (SSSR count). The third-order valence-electron chi connectivity index (χ3n) is 3.08. The minimum absolute atomic E-state index is 0.147. The highest BCUT2D eigenvalue weighted by atomic mass is 127. The van der Waals surface area contributed by atoms with Gasteiger partial charge in [0.1, 0.15) is 5.69 Å². The molecule has 1 saturated heterocycles. The number of nitrogens with one attached hydrogen (secondary N) is 1. The summed E-state index contributed by atoms with van der Waals surface area (Å²) < 4.78 is 6.16. The molecule has 0 saturated carbocycles. The Morgan fingerprint density at radius 2 is 2.17 bits per heavy atom. The third kappa shape index (κ3) is 3.55. The SMILES string of the molecule is O=[N+]([O-])c1cc(I)ccc1NCC1CCOCC1. The minimum atomic E-state index is -0.339. The van der Waals surface area contributed by atoms with Crippen molar-refractivity contribution in [3.05, 3.63) is 31.9 Å². The van der Waals surface area contributed by atoms with Crippen LogP contribution in [-0.2, 0) is 4.74 Å². The Hall–Kier alpha value is -0.890. The molecule has 1 N–H and O–H groups in total. The van der Waals surface area contributed by atoms with Crippen LogP contribution >= 0.6 is 22.6 Å². The second kappa shape index (κ2) is 6.33. The van der Waals surface area contributed by atoms with Crippen LogP contribution in [0.2, 0.25) is 0 Å². The molecule has 0 atom stereocenters. The van der Waals surface area contributed by atoms with Gasteiger partial charge < -0.3 is 10.1 Å². The predicted octanol–water partition coefficient (Wildman–Crippen LogP) is 3.04. The highest BCUT2D eigenvalue weighted by Crippen LogP contribution is 2.27. The normalized spacial score (nSPS) is 16.5. The van der Waals surface area contributed by atoms with Crippen LogP contribution in [0.5, 0.6) is 0 Å². The molecule has 18 heavy (non-hydrogen) atoms. The highest BCUT2D eigenvalue weighted by Gasteiger charge is 2.17. The monoisotopic (exact) mass is 362 g/mol. The topological polar surface area (TPSA) is 64.4 Å². The van der Waals surface area contributed by atoms with Gasteiger partial charge in [0.05, 0.1) is 4.92 Å². The summed E-state index contributed by atoms with van der Waals surface area (Å²) in [6.07, 6.45) is 2.04. The van der Waals surface area contributed by atoms with Gasteiger partial charge in [0.2, 0.25) is 0 Å². The van der Waals surface area contributed by atoms with Gasteiger partial charge in [0, 0.05) is 29.4 Å². The smallest absolute Gasteiger partial charge is 0.293 e. The van der Waals surface area contributed by atoms with E-state index in [1.165, 1.54) is 0 Å². The predicted molar refractivity (Wildman–Crippen MR) is 77.8 cm³/mol. The Morgan fingerprint density at radius 3 is 2.83 bits per heavy atom. The lowest BCUT2D eigenvalue weighted by atomic mass is 10.0. The number of benzene rings is 1. The van der Waals surface area contributed by atoms with Crippen molar-refractivity contribution >= 4 is 34.0 Å². The number of ether oxygens (including phenoxy) is 1. The fraction of sp³-hybridized carbons (Fsp3) is 0.500. The average Bonchev–Trinajstić information content (AvgIpc) is 2.38. The Kier molecular flexibility index (Phi) is 4.76. The Morgan fingerprint density at radius 1 is 1.44 bits per heavy atom. The lowest BCUT2D eigenvalue weighted by Gasteiger charge is -2.22. The van der Waals surface area contributed by atoms with Gasteiger partial charge in [-0.3, -0.25) is 10.1 Å². The molecule has 1 aromatic rings. The van der Waals surface area contributed by atoms with Gasteiger partial charge in [-0.25, -0.2) is 0 Å². The maximum absolute atomic E-state index is 11.0. The molecule has 0 aromatic heterocycles. The van der Waals surface area contributed by atoms with E-state index >= 15 is 0 Å². The maximum Gasteiger partial charge on any atom is 0.293 e. The second-order valence-corrected chi connectivity index (χ2v) is 5.60. The number of nitro benzene ring substituents is 1. The number of hydrogen-bond acceptors (Lipinski definition) is 4. The Labute approximate surface area is 119 Å². The summed E-state index contributed by atoms with van der Waals surface area (Å²) in [5.74, 6) is 0.539. The summed E-state index contributed by atoms with van der Waals surface area (Å²) >= 11 is 2.08. The first-order valence-corrected chi connectivity index (χ1v) is 7.00. The van der Waals surface area contributed by atoms with Crippen molar-refractivity contribution in [1.82, 2.24) is 0 Å². The number of rotatable bonds is 4. The third-order valence-corrected chi connectivity index (χ3v) is 3.75.